The van der Waals surface area contributed by atoms with Crippen LogP contribution in [0.3, 0.4) is 0 Å². The van der Waals surface area contributed by atoms with Gasteiger partial charge in [-0.15, -0.1) is 0 Å². The summed E-state index contributed by atoms with van der Waals surface area (Å²) in [6, 6.07) is 5.80. The van der Waals surface area contributed by atoms with Crippen LogP contribution in [0.2, 0.25) is 0 Å². The number of aliphatic imine (C=N–C) groups is 1. The van der Waals surface area contributed by atoms with Gasteiger partial charge in [0.1, 0.15) is 0 Å². The maximum absolute atomic E-state index is 11.9. The molecule has 0 radical (unpaired) electrons. The lowest BCUT2D eigenvalue weighted by atomic mass is 9.97. The average Bonchev–Trinajstić information content (AvgIpc) is 2.68. The number of nitrogens with one attached hydrogen (secondary N) is 1. The number of carbonyl (C=O) groups excluding carboxylic acids is 1. The molecule has 1 aliphatic heterocycles. The molecule has 1 aromatic rings. The predicted molar refractivity (Wildman–Crippen MR) is 101 cm³/mol. The SMILES string of the molecule is CCOC(=O)C1CCN(C(=NC)NCc2cccc(OC)c2OC)CC1. The Bertz CT molecular complexity index is 625. The average molecular weight is 363 g/mol. The summed E-state index contributed by atoms with van der Waals surface area (Å²) in [4.78, 5) is 18.4. The zero-order valence-corrected chi connectivity index (χ0v) is 16.1. The molecule has 1 heterocycles. The molecule has 144 valence electrons. The minimum atomic E-state index is -0.0868. The number of ether oxygens (including phenoxy) is 3. The Morgan fingerprint density at radius 2 is 2.00 bits per heavy atom. The second-order valence-electron chi connectivity index (χ2n) is 6.07. The van der Waals surface area contributed by atoms with Crippen LogP contribution in [-0.2, 0) is 16.1 Å². The molecule has 0 unspecified atom stereocenters. The fraction of sp³-hybridized carbons (Fsp3) is 0.579. The molecule has 0 amide bonds. The Hall–Kier alpha value is -2.44. The van der Waals surface area contributed by atoms with E-state index in [1.807, 2.05) is 25.1 Å². The lowest BCUT2D eigenvalue weighted by molar-refractivity contribution is -0.149. The van der Waals surface area contributed by atoms with Crippen molar-refractivity contribution in [3.05, 3.63) is 23.8 Å². The van der Waals surface area contributed by atoms with E-state index < -0.39 is 0 Å². The largest absolute Gasteiger partial charge is 0.493 e. The monoisotopic (exact) mass is 363 g/mol. The molecule has 0 aromatic heterocycles. The number of esters is 1. The van der Waals surface area contributed by atoms with E-state index >= 15 is 0 Å². The molecule has 1 N–H and O–H groups in total. The normalized spacial score (nSPS) is 15.5. The predicted octanol–water partition coefficient (Wildman–Crippen LogP) is 2.05. The van der Waals surface area contributed by atoms with Crippen LogP contribution in [0, 0.1) is 5.92 Å². The van der Waals surface area contributed by atoms with E-state index in [1.54, 1.807) is 21.3 Å². The summed E-state index contributed by atoms with van der Waals surface area (Å²) in [6.07, 6.45) is 1.56. The Morgan fingerprint density at radius 3 is 2.58 bits per heavy atom. The fourth-order valence-corrected chi connectivity index (χ4v) is 3.19. The molecule has 0 saturated carbocycles. The molecular formula is C19H29N3O4. The van der Waals surface area contributed by atoms with Crippen LogP contribution in [0.15, 0.2) is 23.2 Å². The van der Waals surface area contributed by atoms with Crippen LogP contribution < -0.4 is 14.8 Å². The Morgan fingerprint density at radius 1 is 1.27 bits per heavy atom. The van der Waals surface area contributed by atoms with Crippen molar-refractivity contribution in [2.24, 2.45) is 10.9 Å². The lowest BCUT2D eigenvalue weighted by Crippen LogP contribution is -2.46. The molecule has 0 atom stereocenters. The van der Waals surface area contributed by atoms with Gasteiger partial charge in [0.05, 0.1) is 26.7 Å². The molecule has 26 heavy (non-hydrogen) atoms. The van der Waals surface area contributed by atoms with E-state index in [1.165, 1.54) is 0 Å². The van der Waals surface area contributed by atoms with Crippen LogP contribution in [0.1, 0.15) is 25.3 Å². The fourth-order valence-electron chi connectivity index (χ4n) is 3.19. The molecule has 0 aliphatic carbocycles. The summed E-state index contributed by atoms with van der Waals surface area (Å²) in [5.74, 6) is 2.15. The van der Waals surface area contributed by atoms with E-state index in [4.69, 9.17) is 14.2 Å². The van der Waals surface area contributed by atoms with Gasteiger partial charge in [0.2, 0.25) is 0 Å². The van der Waals surface area contributed by atoms with Crippen molar-refractivity contribution in [3.63, 3.8) is 0 Å². The minimum Gasteiger partial charge on any atom is -0.493 e. The van der Waals surface area contributed by atoms with Gasteiger partial charge in [0, 0.05) is 32.2 Å². The smallest absolute Gasteiger partial charge is 0.309 e. The third-order valence-electron chi connectivity index (χ3n) is 4.55. The minimum absolute atomic E-state index is 0.0113. The number of benzene rings is 1. The van der Waals surface area contributed by atoms with Crippen LogP contribution >= 0.6 is 0 Å². The number of likely N-dealkylation sites (tertiary alicyclic amines) is 1. The van der Waals surface area contributed by atoms with Crippen LogP contribution in [0.25, 0.3) is 0 Å². The molecule has 1 aromatic carbocycles. The number of nitrogens with zero attached hydrogens (tertiary/aromatic N) is 2. The first-order chi connectivity index (χ1) is 12.6. The Balaban J connectivity index is 1.94. The van der Waals surface area contributed by atoms with E-state index in [2.05, 4.69) is 15.2 Å². The molecule has 7 nitrogen and oxygen atoms in total. The molecule has 1 fully saturated rings. The summed E-state index contributed by atoms with van der Waals surface area (Å²) in [5, 5.41) is 3.37. The third-order valence-corrected chi connectivity index (χ3v) is 4.55. The van der Waals surface area contributed by atoms with Gasteiger partial charge in [-0.3, -0.25) is 9.79 Å². The molecule has 2 rings (SSSR count). The van der Waals surface area contributed by atoms with Crippen LogP contribution in [-0.4, -0.2) is 57.8 Å². The maximum Gasteiger partial charge on any atom is 0.309 e. The van der Waals surface area contributed by atoms with Crippen LogP contribution in [0.5, 0.6) is 11.5 Å². The topological polar surface area (TPSA) is 72.4 Å². The molecule has 1 aliphatic rings. The highest BCUT2D eigenvalue weighted by Crippen LogP contribution is 2.30. The number of rotatable bonds is 6. The Labute approximate surface area is 155 Å². The van der Waals surface area contributed by atoms with Gasteiger partial charge in [-0.2, -0.15) is 0 Å². The van der Waals surface area contributed by atoms with Crippen molar-refractivity contribution < 1.29 is 19.0 Å². The van der Waals surface area contributed by atoms with Crippen molar-refractivity contribution in [1.29, 1.82) is 0 Å². The second kappa shape index (κ2) is 9.89. The summed E-state index contributed by atoms with van der Waals surface area (Å²) >= 11 is 0. The second-order valence-corrected chi connectivity index (χ2v) is 6.07. The highest BCUT2D eigenvalue weighted by Gasteiger charge is 2.27. The zero-order chi connectivity index (χ0) is 18.9. The number of piperidine rings is 1. The standard InChI is InChI=1S/C19H29N3O4/c1-5-26-18(23)14-9-11-22(12-10-14)19(20-2)21-13-15-7-6-8-16(24-3)17(15)25-4/h6-8,14H,5,9-13H2,1-4H3,(H,20,21). The molecule has 7 heteroatoms. The van der Waals surface area contributed by atoms with Gasteiger partial charge in [-0.25, -0.2) is 0 Å². The quantitative estimate of drug-likeness (QED) is 0.474. The first kappa shape index (κ1) is 19.9. The van der Waals surface area contributed by atoms with Crippen molar-refractivity contribution in [2.75, 3.05) is 41.0 Å². The summed E-state index contributed by atoms with van der Waals surface area (Å²) in [5.41, 5.74) is 0.995. The first-order valence-corrected chi connectivity index (χ1v) is 8.96. The number of guanidine groups is 1. The number of carbonyl (C=O) groups is 1. The highest BCUT2D eigenvalue weighted by atomic mass is 16.5. The first-order valence-electron chi connectivity index (χ1n) is 8.96. The molecule has 0 spiro atoms. The van der Waals surface area contributed by atoms with Crippen LogP contribution in [0.4, 0.5) is 0 Å². The van der Waals surface area contributed by atoms with Crippen molar-refractivity contribution >= 4 is 11.9 Å². The van der Waals surface area contributed by atoms with Crippen molar-refractivity contribution in [3.8, 4) is 11.5 Å². The number of hydrogen-bond donors (Lipinski definition) is 1. The maximum atomic E-state index is 11.9. The number of hydrogen-bond acceptors (Lipinski definition) is 5. The summed E-state index contributed by atoms with van der Waals surface area (Å²) < 4.78 is 15.9. The molecule has 1 saturated heterocycles. The summed E-state index contributed by atoms with van der Waals surface area (Å²) in [6.45, 7) is 4.40. The zero-order valence-electron chi connectivity index (χ0n) is 16.1. The van der Waals surface area contributed by atoms with Gasteiger partial charge < -0.3 is 24.4 Å². The van der Waals surface area contributed by atoms with E-state index in [-0.39, 0.29) is 11.9 Å². The molecule has 0 bridgehead atoms. The van der Waals surface area contributed by atoms with Gasteiger partial charge in [-0.1, -0.05) is 12.1 Å². The summed E-state index contributed by atoms with van der Waals surface area (Å²) in [7, 11) is 5.03. The number of methoxy groups -OCH3 is 2. The number of para-hydroxylation sites is 1. The van der Waals surface area contributed by atoms with Gasteiger partial charge in [0.15, 0.2) is 17.5 Å². The van der Waals surface area contributed by atoms with Gasteiger partial charge in [-0.05, 0) is 25.8 Å². The highest BCUT2D eigenvalue weighted by molar-refractivity contribution is 5.80. The van der Waals surface area contributed by atoms with E-state index in [0.717, 1.165) is 43.2 Å². The van der Waals surface area contributed by atoms with Gasteiger partial charge >= 0.3 is 5.97 Å². The molecular weight excluding hydrogens is 334 g/mol. The van der Waals surface area contributed by atoms with E-state index in [9.17, 15) is 4.79 Å². The van der Waals surface area contributed by atoms with Crippen molar-refractivity contribution in [1.82, 2.24) is 10.2 Å². The Kier molecular flexibility index (Phi) is 7.56. The third kappa shape index (κ3) is 4.80. The van der Waals surface area contributed by atoms with E-state index in [0.29, 0.717) is 18.9 Å². The lowest BCUT2D eigenvalue weighted by Gasteiger charge is -2.33. The van der Waals surface area contributed by atoms with Crippen molar-refractivity contribution in [2.45, 2.75) is 26.3 Å². The van der Waals surface area contributed by atoms with Gasteiger partial charge in [0.25, 0.3) is 0 Å².